The molecule has 1 aromatic rings. The van der Waals surface area contributed by atoms with E-state index in [-0.39, 0.29) is 5.92 Å². The maximum atomic E-state index is 12.1. The van der Waals surface area contributed by atoms with E-state index in [2.05, 4.69) is 16.0 Å². The second-order valence-electron chi connectivity index (χ2n) is 4.93. The van der Waals surface area contributed by atoms with Crippen LogP contribution < -0.4 is 0 Å². The third kappa shape index (κ3) is 2.17. The van der Waals surface area contributed by atoms with Gasteiger partial charge in [0.05, 0.1) is 34.5 Å². The van der Waals surface area contributed by atoms with E-state index in [0.717, 1.165) is 18.5 Å². The van der Waals surface area contributed by atoms with Crippen LogP contribution in [0.15, 0.2) is 11.2 Å². The summed E-state index contributed by atoms with van der Waals surface area (Å²) in [6.07, 6.45) is 3.34. The first-order chi connectivity index (χ1) is 8.54. The molecule has 1 aromatic heterocycles. The van der Waals surface area contributed by atoms with Crippen molar-refractivity contribution in [3.8, 4) is 6.07 Å². The molecule has 1 atom stereocenters. The fourth-order valence-corrected chi connectivity index (χ4v) is 2.86. The first-order valence-electron chi connectivity index (χ1n) is 6.21. The van der Waals surface area contributed by atoms with Crippen LogP contribution in [0, 0.1) is 11.3 Å². The number of hydrogen-bond donors (Lipinski definition) is 0. The lowest BCUT2D eigenvalue weighted by atomic mass is 10.1. The highest BCUT2D eigenvalue weighted by Crippen LogP contribution is 2.46. The number of aromatic nitrogens is 2. The van der Waals surface area contributed by atoms with Crippen molar-refractivity contribution in [2.45, 2.75) is 50.0 Å². The molecule has 4 nitrogen and oxygen atoms in total. The van der Waals surface area contributed by atoms with Gasteiger partial charge in [-0.2, -0.15) is 5.26 Å². The Kier molecular flexibility index (Phi) is 3.49. The fraction of sp³-hybridized carbons (Fsp3) is 0.615. The molecule has 0 aliphatic heterocycles. The molecule has 1 heterocycles. The Morgan fingerprint density at radius 2 is 2.22 bits per heavy atom. The highest BCUT2D eigenvalue weighted by molar-refractivity contribution is 7.84. The van der Waals surface area contributed by atoms with Crippen LogP contribution in [0.3, 0.4) is 0 Å². The quantitative estimate of drug-likeness (QED) is 0.836. The molecule has 0 bridgehead atoms. The molecule has 2 rings (SSSR count). The molecule has 0 N–H and O–H groups in total. The van der Waals surface area contributed by atoms with Crippen LogP contribution in [0.1, 0.15) is 50.9 Å². The lowest BCUT2D eigenvalue weighted by molar-refractivity contribution is 0.667. The van der Waals surface area contributed by atoms with E-state index in [1.807, 2.05) is 20.8 Å². The topological polar surface area (TPSA) is 66.6 Å². The van der Waals surface area contributed by atoms with Gasteiger partial charge >= 0.3 is 0 Å². The number of nitrogens with zero attached hydrogens (tertiary/aromatic N) is 3. The average molecular weight is 263 g/mol. The van der Waals surface area contributed by atoms with E-state index in [0.29, 0.717) is 16.5 Å². The summed E-state index contributed by atoms with van der Waals surface area (Å²) in [6.45, 7) is 5.89. The normalized spacial score (nSPS) is 18.4. The van der Waals surface area contributed by atoms with Gasteiger partial charge < -0.3 is 0 Å². The Bertz CT molecular complexity index is 530. The third-order valence-corrected chi connectivity index (χ3v) is 4.50. The van der Waals surface area contributed by atoms with Gasteiger partial charge in [-0.15, -0.1) is 0 Å². The first-order valence-corrected chi connectivity index (χ1v) is 7.53. The Labute approximate surface area is 110 Å². The van der Waals surface area contributed by atoms with Crippen molar-refractivity contribution in [2.24, 2.45) is 0 Å². The van der Waals surface area contributed by atoms with Gasteiger partial charge in [-0.1, -0.05) is 20.8 Å². The Morgan fingerprint density at radius 1 is 1.56 bits per heavy atom. The van der Waals surface area contributed by atoms with Crippen LogP contribution in [0.4, 0.5) is 0 Å². The zero-order chi connectivity index (χ0) is 13.3. The molecule has 1 aliphatic rings. The van der Waals surface area contributed by atoms with E-state index < -0.39 is 16.2 Å². The zero-order valence-electron chi connectivity index (χ0n) is 10.9. The van der Waals surface area contributed by atoms with Crippen LogP contribution in [-0.4, -0.2) is 19.9 Å². The lowest BCUT2D eigenvalue weighted by Gasteiger charge is -2.13. The summed E-state index contributed by atoms with van der Waals surface area (Å²) in [5, 5.41) is 9.74. The van der Waals surface area contributed by atoms with Gasteiger partial charge in [0, 0.05) is 5.75 Å². The van der Waals surface area contributed by atoms with Crippen molar-refractivity contribution in [3.63, 3.8) is 0 Å². The van der Waals surface area contributed by atoms with Crippen molar-refractivity contribution in [2.75, 3.05) is 5.75 Å². The van der Waals surface area contributed by atoms with E-state index in [9.17, 15) is 9.47 Å². The van der Waals surface area contributed by atoms with Gasteiger partial charge in [-0.25, -0.2) is 4.98 Å². The van der Waals surface area contributed by atoms with E-state index in [1.165, 1.54) is 0 Å². The minimum atomic E-state index is -1.12. The fourth-order valence-electron chi connectivity index (χ4n) is 1.86. The van der Waals surface area contributed by atoms with Crippen LogP contribution >= 0.6 is 0 Å². The van der Waals surface area contributed by atoms with Crippen molar-refractivity contribution in [1.29, 1.82) is 5.26 Å². The average Bonchev–Trinajstić information content (AvgIpc) is 3.18. The molecular weight excluding hydrogens is 246 g/mol. The molecule has 1 fully saturated rings. The summed E-state index contributed by atoms with van der Waals surface area (Å²) in [4.78, 5) is 8.88. The van der Waals surface area contributed by atoms with Gasteiger partial charge in [0.25, 0.3) is 0 Å². The minimum absolute atomic E-state index is 0.189. The van der Waals surface area contributed by atoms with E-state index in [1.54, 1.807) is 6.20 Å². The summed E-state index contributed by atoms with van der Waals surface area (Å²) < 4.78 is 12.1. The van der Waals surface area contributed by atoms with Gasteiger partial charge in [-0.3, -0.25) is 9.19 Å². The number of rotatable bonds is 4. The molecule has 5 heteroatoms. The van der Waals surface area contributed by atoms with Crippen LogP contribution in [0.5, 0.6) is 0 Å². The second kappa shape index (κ2) is 4.77. The maximum absolute atomic E-state index is 12.1. The van der Waals surface area contributed by atoms with Gasteiger partial charge in [0.2, 0.25) is 0 Å². The predicted octanol–water partition coefficient (Wildman–Crippen LogP) is 2.28. The summed E-state index contributed by atoms with van der Waals surface area (Å²) in [5.41, 5.74) is 1.01. The minimum Gasteiger partial charge on any atom is -0.256 e. The van der Waals surface area contributed by atoms with E-state index >= 15 is 0 Å². The molecule has 18 heavy (non-hydrogen) atoms. The second-order valence-corrected chi connectivity index (χ2v) is 6.58. The lowest BCUT2D eigenvalue weighted by Crippen LogP contribution is -2.13. The molecule has 1 unspecified atom stereocenters. The third-order valence-electron chi connectivity index (χ3n) is 3.25. The van der Waals surface area contributed by atoms with Gasteiger partial charge in [0.15, 0.2) is 0 Å². The van der Waals surface area contributed by atoms with Crippen molar-refractivity contribution in [3.05, 3.63) is 17.6 Å². The molecular formula is C13H17N3OS. The number of nitriles is 1. The monoisotopic (exact) mass is 263 g/mol. The molecule has 1 aliphatic carbocycles. The molecule has 0 saturated heterocycles. The van der Waals surface area contributed by atoms with Gasteiger partial charge in [-0.05, 0) is 18.8 Å². The zero-order valence-corrected chi connectivity index (χ0v) is 11.8. The molecule has 0 radical (unpaired) electrons. The van der Waals surface area contributed by atoms with Crippen LogP contribution in [0.2, 0.25) is 0 Å². The number of hydrogen-bond acceptors (Lipinski definition) is 4. The summed E-state index contributed by atoms with van der Waals surface area (Å²) in [6, 6.07) is 2.30. The molecule has 0 spiro atoms. The van der Waals surface area contributed by atoms with Gasteiger partial charge in [0.1, 0.15) is 10.4 Å². The predicted molar refractivity (Wildman–Crippen MR) is 69.6 cm³/mol. The molecule has 1 saturated carbocycles. The maximum Gasteiger partial charge on any atom is 0.149 e. The SMILES string of the molecule is CCS(=O)c1nc(C2(C#N)CC2)cnc1C(C)C. The Balaban J connectivity index is 2.50. The van der Waals surface area contributed by atoms with Crippen molar-refractivity contribution in [1.82, 2.24) is 9.97 Å². The summed E-state index contributed by atoms with van der Waals surface area (Å²) >= 11 is 0. The Hall–Kier alpha value is -1.28. The Morgan fingerprint density at radius 3 is 2.67 bits per heavy atom. The van der Waals surface area contributed by atoms with Crippen molar-refractivity contribution < 1.29 is 4.21 Å². The highest BCUT2D eigenvalue weighted by atomic mass is 32.2. The standard InChI is InChI=1S/C13H17N3OS/c1-4-18(17)12-11(9(2)3)15-7-10(16-12)13(8-14)5-6-13/h7,9H,4-6H2,1-3H3. The highest BCUT2D eigenvalue weighted by Gasteiger charge is 2.47. The van der Waals surface area contributed by atoms with Crippen LogP contribution in [-0.2, 0) is 16.2 Å². The van der Waals surface area contributed by atoms with Crippen LogP contribution in [0.25, 0.3) is 0 Å². The summed E-state index contributed by atoms with van der Waals surface area (Å²) in [7, 11) is -1.12. The van der Waals surface area contributed by atoms with Crippen molar-refractivity contribution >= 4 is 10.8 Å². The smallest absolute Gasteiger partial charge is 0.149 e. The van der Waals surface area contributed by atoms with E-state index in [4.69, 9.17) is 0 Å². The molecule has 0 aromatic carbocycles. The molecule has 96 valence electrons. The molecule has 0 amide bonds. The largest absolute Gasteiger partial charge is 0.256 e. The summed E-state index contributed by atoms with van der Waals surface area (Å²) in [5.74, 6) is 0.714. The first kappa shape index (κ1) is 13.2.